The summed E-state index contributed by atoms with van der Waals surface area (Å²) in [5.41, 5.74) is 6.75. The third kappa shape index (κ3) is 10.1. The van der Waals surface area contributed by atoms with E-state index in [1.165, 1.54) is 7.11 Å². The van der Waals surface area contributed by atoms with Crippen molar-refractivity contribution in [3.8, 4) is 0 Å². The van der Waals surface area contributed by atoms with Crippen LogP contribution < -0.4 is 11.1 Å². The fourth-order valence-corrected chi connectivity index (χ4v) is 1.60. The van der Waals surface area contributed by atoms with Crippen molar-refractivity contribution in [1.82, 2.24) is 10.3 Å². The summed E-state index contributed by atoms with van der Waals surface area (Å²) in [7, 11) is 1.39. The highest BCUT2D eigenvalue weighted by atomic mass is 127. The van der Waals surface area contributed by atoms with Crippen LogP contribution in [-0.2, 0) is 16.0 Å². The number of nitrogens with two attached hydrogens (primary N) is 1. The standard InChI is InChI=1S/C14H22N4O2.HI/c1-20-13(19)7-3-5-10-17-14(15)18-11-8-12-6-2-4-9-16-12;/h2,4,6,9H,3,5,7-8,10-11H2,1H3,(H3,15,17,18);1H. The van der Waals surface area contributed by atoms with E-state index in [9.17, 15) is 4.79 Å². The number of aromatic nitrogens is 1. The van der Waals surface area contributed by atoms with E-state index in [0.29, 0.717) is 25.5 Å². The number of methoxy groups -OCH3 is 1. The fraction of sp³-hybridized carbons (Fsp3) is 0.500. The van der Waals surface area contributed by atoms with Gasteiger partial charge in [-0.15, -0.1) is 24.0 Å². The Morgan fingerprint density at radius 2 is 2.24 bits per heavy atom. The molecule has 6 nitrogen and oxygen atoms in total. The first-order valence-electron chi connectivity index (χ1n) is 6.73. The molecule has 0 radical (unpaired) electrons. The number of nitrogens with zero attached hydrogens (tertiary/aromatic N) is 2. The zero-order valence-electron chi connectivity index (χ0n) is 12.2. The number of pyridine rings is 1. The summed E-state index contributed by atoms with van der Waals surface area (Å²) in [4.78, 5) is 19.3. The average molecular weight is 406 g/mol. The maximum absolute atomic E-state index is 10.9. The molecule has 0 amide bonds. The number of ether oxygens (including phenoxy) is 1. The SMILES string of the molecule is COC(=O)CCCCN=C(N)NCCc1ccccn1.I. The van der Waals surface area contributed by atoms with E-state index in [-0.39, 0.29) is 29.9 Å². The first kappa shape index (κ1) is 19.6. The highest BCUT2D eigenvalue weighted by molar-refractivity contribution is 14.0. The van der Waals surface area contributed by atoms with E-state index in [2.05, 4.69) is 20.0 Å². The summed E-state index contributed by atoms with van der Waals surface area (Å²) in [5, 5.41) is 3.04. The minimum absolute atomic E-state index is 0. The summed E-state index contributed by atoms with van der Waals surface area (Å²) in [6, 6.07) is 5.82. The van der Waals surface area contributed by atoms with Crippen LogP contribution >= 0.6 is 24.0 Å². The van der Waals surface area contributed by atoms with Crippen LogP contribution in [0.1, 0.15) is 25.0 Å². The molecule has 0 saturated heterocycles. The Morgan fingerprint density at radius 3 is 2.90 bits per heavy atom. The van der Waals surface area contributed by atoms with Crippen LogP contribution in [0.25, 0.3) is 0 Å². The van der Waals surface area contributed by atoms with Gasteiger partial charge in [0.15, 0.2) is 5.96 Å². The van der Waals surface area contributed by atoms with Gasteiger partial charge in [0.25, 0.3) is 0 Å². The maximum Gasteiger partial charge on any atom is 0.305 e. The summed E-state index contributed by atoms with van der Waals surface area (Å²) < 4.78 is 4.56. The Balaban J connectivity index is 0.00000400. The van der Waals surface area contributed by atoms with Crippen molar-refractivity contribution in [3.63, 3.8) is 0 Å². The normalized spacial score (nSPS) is 10.6. The highest BCUT2D eigenvalue weighted by Gasteiger charge is 1.99. The van der Waals surface area contributed by atoms with Crippen LogP contribution in [0, 0.1) is 0 Å². The van der Waals surface area contributed by atoms with Gasteiger partial charge < -0.3 is 15.8 Å². The molecule has 0 bridgehead atoms. The minimum atomic E-state index is -0.185. The number of rotatable bonds is 8. The lowest BCUT2D eigenvalue weighted by atomic mass is 10.2. The van der Waals surface area contributed by atoms with Crippen LogP contribution in [0.2, 0.25) is 0 Å². The van der Waals surface area contributed by atoms with Gasteiger partial charge in [0.1, 0.15) is 0 Å². The molecule has 21 heavy (non-hydrogen) atoms. The van der Waals surface area contributed by atoms with Crippen molar-refractivity contribution in [1.29, 1.82) is 0 Å². The second-order valence-corrected chi connectivity index (χ2v) is 4.30. The lowest BCUT2D eigenvalue weighted by Crippen LogP contribution is -2.33. The van der Waals surface area contributed by atoms with Gasteiger partial charge in [-0.3, -0.25) is 14.8 Å². The molecule has 0 fully saturated rings. The molecular weight excluding hydrogens is 383 g/mol. The molecule has 1 heterocycles. The van der Waals surface area contributed by atoms with Gasteiger partial charge in [0, 0.05) is 37.8 Å². The number of nitrogens with one attached hydrogen (secondary N) is 1. The van der Waals surface area contributed by atoms with Gasteiger partial charge >= 0.3 is 5.97 Å². The van der Waals surface area contributed by atoms with E-state index < -0.39 is 0 Å². The highest BCUT2D eigenvalue weighted by Crippen LogP contribution is 1.97. The van der Waals surface area contributed by atoms with E-state index in [1.807, 2.05) is 18.2 Å². The van der Waals surface area contributed by atoms with Crippen molar-refractivity contribution in [2.75, 3.05) is 20.2 Å². The van der Waals surface area contributed by atoms with Crippen LogP contribution in [0.3, 0.4) is 0 Å². The second-order valence-electron chi connectivity index (χ2n) is 4.30. The van der Waals surface area contributed by atoms with E-state index in [1.54, 1.807) is 6.20 Å². The molecule has 7 heteroatoms. The molecule has 0 aliphatic carbocycles. The Kier molecular flexibility index (Phi) is 11.6. The summed E-state index contributed by atoms with van der Waals surface area (Å²) >= 11 is 0. The van der Waals surface area contributed by atoms with Crippen molar-refractivity contribution in [2.24, 2.45) is 10.7 Å². The van der Waals surface area contributed by atoms with Crippen LogP contribution in [0.15, 0.2) is 29.4 Å². The Morgan fingerprint density at radius 1 is 1.43 bits per heavy atom. The van der Waals surface area contributed by atoms with Crippen LogP contribution in [0.4, 0.5) is 0 Å². The molecule has 0 aliphatic heterocycles. The number of guanidine groups is 1. The molecule has 3 N–H and O–H groups in total. The number of unbranched alkanes of at least 4 members (excludes halogenated alkanes) is 1. The van der Waals surface area contributed by atoms with E-state index >= 15 is 0 Å². The largest absolute Gasteiger partial charge is 0.469 e. The monoisotopic (exact) mass is 406 g/mol. The first-order valence-corrected chi connectivity index (χ1v) is 6.73. The number of aliphatic imine (C=N–C) groups is 1. The number of esters is 1. The predicted octanol–water partition coefficient (Wildman–Crippen LogP) is 1.49. The van der Waals surface area contributed by atoms with Gasteiger partial charge in [-0.1, -0.05) is 6.07 Å². The van der Waals surface area contributed by atoms with Crippen molar-refractivity contribution < 1.29 is 9.53 Å². The molecule has 118 valence electrons. The fourth-order valence-electron chi connectivity index (χ4n) is 1.60. The van der Waals surface area contributed by atoms with E-state index in [0.717, 1.165) is 25.0 Å². The molecule has 0 aromatic carbocycles. The molecular formula is C14H23IN4O2. The lowest BCUT2D eigenvalue weighted by Gasteiger charge is -2.05. The number of halogens is 1. The second kappa shape index (κ2) is 12.4. The van der Waals surface area contributed by atoms with Gasteiger partial charge in [-0.25, -0.2) is 0 Å². The topological polar surface area (TPSA) is 89.6 Å². The van der Waals surface area contributed by atoms with Gasteiger partial charge in [-0.05, 0) is 25.0 Å². The Labute approximate surface area is 142 Å². The van der Waals surface area contributed by atoms with Gasteiger partial charge in [0.2, 0.25) is 0 Å². The number of hydrogen-bond donors (Lipinski definition) is 2. The third-order valence-corrected chi connectivity index (χ3v) is 2.71. The molecule has 0 unspecified atom stereocenters. The molecule has 1 aromatic rings. The molecule has 1 aromatic heterocycles. The third-order valence-electron chi connectivity index (χ3n) is 2.71. The molecule has 0 aliphatic rings. The quantitative estimate of drug-likeness (QED) is 0.225. The first-order chi connectivity index (χ1) is 9.72. The van der Waals surface area contributed by atoms with Crippen LogP contribution in [-0.4, -0.2) is 37.1 Å². The molecule has 0 saturated carbocycles. The number of hydrogen-bond acceptors (Lipinski definition) is 4. The summed E-state index contributed by atoms with van der Waals surface area (Å²) in [5.74, 6) is 0.245. The summed E-state index contributed by atoms with van der Waals surface area (Å²) in [6.45, 7) is 1.31. The summed E-state index contributed by atoms with van der Waals surface area (Å²) in [6.07, 6.45) is 4.58. The van der Waals surface area contributed by atoms with Gasteiger partial charge in [0.05, 0.1) is 7.11 Å². The van der Waals surface area contributed by atoms with Crippen molar-refractivity contribution in [2.45, 2.75) is 25.7 Å². The molecule has 0 atom stereocenters. The van der Waals surface area contributed by atoms with Crippen molar-refractivity contribution in [3.05, 3.63) is 30.1 Å². The molecule has 0 spiro atoms. The number of carbonyl (C=O) groups is 1. The van der Waals surface area contributed by atoms with Crippen LogP contribution in [0.5, 0.6) is 0 Å². The zero-order valence-corrected chi connectivity index (χ0v) is 14.6. The minimum Gasteiger partial charge on any atom is -0.469 e. The average Bonchev–Trinajstić information content (AvgIpc) is 2.47. The van der Waals surface area contributed by atoms with Gasteiger partial charge in [-0.2, -0.15) is 0 Å². The Hall–Kier alpha value is -1.38. The maximum atomic E-state index is 10.9. The molecule has 1 rings (SSSR count). The smallest absolute Gasteiger partial charge is 0.305 e. The lowest BCUT2D eigenvalue weighted by molar-refractivity contribution is -0.140. The Bertz CT molecular complexity index is 426. The number of carbonyl (C=O) groups excluding carboxylic acids is 1. The van der Waals surface area contributed by atoms with Crippen molar-refractivity contribution >= 4 is 35.9 Å². The zero-order chi connectivity index (χ0) is 14.6. The van der Waals surface area contributed by atoms with E-state index in [4.69, 9.17) is 5.73 Å². The predicted molar refractivity (Wildman–Crippen MR) is 93.7 cm³/mol.